The second-order valence-electron chi connectivity index (χ2n) is 5.69. The molecule has 0 spiro atoms. The van der Waals surface area contributed by atoms with E-state index in [1.54, 1.807) is 0 Å². The van der Waals surface area contributed by atoms with Crippen molar-refractivity contribution >= 4 is 0 Å². The van der Waals surface area contributed by atoms with Crippen LogP contribution < -0.4 is 0 Å². The Morgan fingerprint density at radius 3 is 2.67 bits per heavy atom. The number of benzene rings is 1. The maximum absolute atomic E-state index is 9.77. The maximum Gasteiger partial charge on any atom is 0.118 e. The Morgan fingerprint density at radius 2 is 2.00 bits per heavy atom. The minimum absolute atomic E-state index is 0.207. The summed E-state index contributed by atoms with van der Waals surface area (Å²) in [4.78, 5) is 0. The number of aryl methyl sites for hydroxylation is 1. The summed E-state index contributed by atoms with van der Waals surface area (Å²) in [5.74, 6) is 1.19. The van der Waals surface area contributed by atoms with Crippen molar-refractivity contribution in [3.8, 4) is 5.75 Å². The molecule has 0 aromatic heterocycles. The predicted molar refractivity (Wildman–Crippen MR) is 63.4 cm³/mol. The van der Waals surface area contributed by atoms with Crippen LogP contribution in [0.25, 0.3) is 0 Å². The third-order valence-electron chi connectivity index (χ3n) is 3.58. The van der Waals surface area contributed by atoms with Gasteiger partial charge < -0.3 is 5.11 Å². The van der Waals surface area contributed by atoms with Gasteiger partial charge in [0.2, 0.25) is 0 Å². The van der Waals surface area contributed by atoms with Gasteiger partial charge in [0.05, 0.1) is 0 Å². The van der Waals surface area contributed by atoms with Crippen LogP contribution in [0.1, 0.15) is 43.9 Å². The molecule has 1 heteroatoms. The molecule has 0 radical (unpaired) electrons. The monoisotopic (exact) mass is 204 g/mol. The molecule has 0 heterocycles. The molecule has 1 nitrogen and oxygen atoms in total. The summed E-state index contributed by atoms with van der Waals surface area (Å²) in [5, 5.41) is 9.77. The van der Waals surface area contributed by atoms with Crippen LogP contribution in [0.15, 0.2) is 12.1 Å². The molecular formula is C14H20O. The maximum atomic E-state index is 9.77. The lowest BCUT2D eigenvalue weighted by molar-refractivity contribution is 0.345. The van der Waals surface area contributed by atoms with Crippen molar-refractivity contribution in [3.05, 3.63) is 28.8 Å². The molecule has 1 atom stereocenters. The first-order valence-corrected chi connectivity index (χ1v) is 5.73. The molecule has 0 fully saturated rings. The summed E-state index contributed by atoms with van der Waals surface area (Å²) in [7, 11) is 0. The van der Waals surface area contributed by atoms with Crippen LogP contribution >= 0.6 is 0 Å². The van der Waals surface area contributed by atoms with Crippen molar-refractivity contribution in [2.45, 2.75) is 46.0 Å². The van der Waals surface area contributed by atoms with E-state index in [4.69, 9.17) is 0 Å². The van der Waals surface area contributed by atoms with E-state index < -0.39 is 0 Å². The molecule has 1 N–H and O–H groups in total. The highest BCUT2D eigenvalue weighted by molar-refractivity contribution is 5.45. The number of aromatic hydroxyl groups is 1. The van der Waals surface area contributed by atoms with E-state index in [-0.39, 0.29) is 5.41 Å². The molecule has 0 amide bonds. The van der Waals surface area contributed by atoms with Crippen LogP contribution in [0.4, 0.5) is 0 Å². The van der Waals surface area contributed by atoms with Gasteiger partial charge in [0.1, 0.15) is 5.75 Å². The van der Waals surface area contributed by atoms with Gasteiger partial charge in [-0.2, -0.15) is 0 Å². The highest BCUT2D eigenvalue weighted by atomic mass is 16.3. The topological polar surface area (TPSA) is 20.2 Å². The van der Waals surface area contributed by atoms with Crippen LogP contribution in [0.2, 0.25) is 0 Å². The third-order valence-corrected chi connectivity index (χ3v) is 3.58. The van der Waals surface area contributed by atoms with Gasteiger partial charge in [-0.15, -0.1) is 0 Å². The Hall–Kier alpha value is -0.980. The average Bonchev–Trinajstić information content (AvgIpc) is 2.07. The van der Waals surface area contributed by atoms with E-state index in [9.17, 15) is 5.11 Å². The molecule has 0 bridgehead atoms. The fraction of sp³-hybridized carbons (Fsp3) is 0.571. The Labute approximate surface area is 92.1 Å². The van der Waals surface area contributed by atoms with Crippen molar-refractivity contribution < 1.29 is 5.11 Å². The fourth-order valence-electron chi connectivity index (χ4n) is 2.98. The molecule has 2 rings (SSSR count). The highest BCUT2D eigenvalue weighted by Crippen LogP contribution is 2.41. The second kappa shape index (κ2) is 3.26. The third kappa shape index (κ3) is 1.75. The first-order chi connectivity index (χ1) is 6.90. The molecule has 15 heavy (non-hydrogen) atoms. The molecule has 1 unspecified atom stereocenters. The zero-order chi connectivity index (χ0) is 11.2. The van der Waals surface area contributed by atoms with E-state index in [1.165, 1.54) is 17.5 Å². The average molecular weight is 204 g/mol. The van der Waals surface area contributed by atoms with Crippen LogP contribution in [0.5, 0.6) is 5.75 Å². The van der Waals surface area contributed by atoms with Crippen molar-refractivity contribution in [2.24, 2.45) is 5.92 Å². The Bertz CT molecular complexity index is 391. The lowest BCUT2D eigenvalue weighted by Gasteiger charge is -2.36. The molecule has 0 aliphatic heterocycles. The zero-order valence-electron chi connectivity index (χ0n) is 10.1. The molecule has 1 aromatic rings. The van der Waals surface area contributed by atoms with Crippen molar-refractivity contribution in [1.29, 1.82) is 0 Å². The highest BCUT2D eigenvalue weighted by Gasteiger charge is 2.31. The first kappa shape index (κ1) is 10.5. The number of phenols is 1. The molecule has 82 valence electrons. The van der Waals surface area contributed by atoms with E-state index in [2.05, 4.69) is 26.8 Å². The van der Waals surface area contributed by atoms with Crippen LogP contribution in [-0.4, -0.2) is 5.11 Å². The summed E-state index contributed by atoms with van der Waals surface area (Å²) in [6, 6.07) is 4.12. The van der Waals surface area contributed by atoms with Crippen LogP contribution in [-0.2, 0) is 11.8 Å². The quantitative estimate of drug-likeness (QED) is 0.685. The summed E-state index contributed by atoms with van der Waals surface area (Å²) >= 11 is 0. The standard InChI is InChI=1S/C14H20O/c1-9-5-11-6-10(2)13(15)7-12(11)14(3,4)8-9/h6-7,9,15H,5,8H2,1-4H3. The predicted octanol–water partition coefficient (Wildman–Crippen LogP) is 3.56. The first-order valence-electron chi connectivity index (χ1n) is 5.73. The second-order valence-corrected chi connectivity index (χ2v) is 5.69. The van der Waals surface area contributed by atoms with Crippen molar-refractivity contribution in [2.75, 3.05) is 0 Å². The molecule has 1 aromatic carbocycles. The molecular weight excluding hydrogens is 184 g/mol. The fourth-order valence-corrected chi connectivity index (χ4v) is 2.98. The summed E-state index contributed by atoms with van der Waals surface area (Å²) in [6.07, 6.45) is 2.36. The minimum Gasteiger partial charge on any atom is -0.508 e. The van der Waals surface area contributed by atoms with Crippen molar-refractivity contribution in [1.82, 2.24) is 0 Å². The van der Waals surface area contributed by atoms with Gasteiger partial charge in [0.15, 0.2) is 0 Å². The summed E-state index contributed by atoms with van der Waals surface area (Å²) in [5.41, 5.74) is 3.97. The van der Waals surface area contributed by atoms with Gasteiger partial charge in [0.25, 0.3) is 0 Å². The van der Waals surface area contributed by atoms with E-state index in [1.807, 2.05) is 13.0 Å². The summed E-state index contributed by atoms with van der Waals surface area (Å²) < 4.78 is 0. The lowest BCUT2D eigenvalue weighted by atomic mass is 9.68. The SMILES string of the molecule is Cc1cc2c(cc1O)C(C)(C)CC(C)C2. The van der Waals surface area contributed by atoms with Gasteiger partial charge in [0, 0.05) is 0 Å². The molecule has 0 saturated heterocycles. The Kier molecular flexibility index (Phi) is 2.29. The zero-order valence-corrected chi connectivity index (χ0v) is 10.1. The van der Waals surface area contributed by atoms with E-state index in [0.717, 1.165) is 17.9 Å². The minimum atomic E-state index is 0.207. The van der Waals surface area contributed by atoms with Crippen molar-refractivity contribution in [3.63, 3.8) is 0 Å². The number of fused-ring (bicyclic) bond motifs is 1. The number of hydrogen-bond donors (Lipinski definition) is 1. The van der Waals surface area contributed by atoms with E-state index in [0.29, 0.717) is 5.75 Å². The van der Waals surface area contributed by atoms with Gasteiger partial charge in [-0.3, -0.25) is 0 Å². The lowest BCUT2D eigenvalue weighted by Crippen LogP contribution is -2.28. The largest absolute Gasteiger partial charge is 0.508 e. The molecule has 1 aliphatic rings. The van der Waals surface area contributed by atoms with Crippen LogP contribution in [0, 0.1) is 12.8 Å². The van der Waals surface area contributed by atoms with Gasteiger partial charge in [-0.05, 0) is 53.9 Å². The smallest absolute Gasteiger partial charge is 0.118 e. The Balaban J connectivity index is 2.58. The normalized spacial score (nSPS) is 23.6. The van der Waals surface area contributed by atoms with E-state index >= 15 is 0 Å². The molecule has 1 aliphatic carbocycles. The molecule has 0 saturated carbocycles. The van der Waals surface area contributed by atoms with Gasteiger partial charge in [-0.1, -0.05) is 26.8 Å². The van der Waals surface area contributed by atoms with Gasteiger partial charge >= 0.3 is 0 Å². The number of hydrogen-bond acceptors (Lipinski definition) is 1. The number of rotatable bonds is 0. The Morgan fingerprint density at radius 1 is 1.33 bits per heavy atom. The van der Waals surface area contributed by atoms with Gasteiger partial charge in [-0.25, -0.2) is 0 Å². The van der Waals surface area contributed by atoms with Crippen LogP contribution in [0.3, 0.4) is 0 Å². The number of phenolic OH excluding ortho intramolecular Hbond substituents is 1. The summed E-state index contributed by atoms with van der Waals surface area (Å²) in [6.45, 7) is 8.83.